The molecule has 122 valence electrons. The van der Waals surface area contributed by atoms with Crippen LogP contribution < -0.4 is 5.32 Å². The molecule has 2 rings (SSSR count). The van der Waals surface area contributed by atoms with Crippen LogP contribution in [0, 0.1) is 11.8 Å². The second kappa shape index (κ2) is 6.33. The molecule has 0 heterocycles. The summed E-state index contributed by atoms with van der Waals surface area (Å²) in [6, 6.07) is 7.23. The number of benzene rings is 1. The van der Waals surface area contributed by atoms with Crippen molar-refractivity contribution in [3.05, 3.63) is 35.4 Å². The summed E-state index contributed by atoms with van der Waals surface area (Å²) >= 11 is 0. The van der Waals surface area contributed by atoms with Gasteiger partial charge in [-0.15, -0.1) is 0 Å². The fourth-order valence-electron chi connectivity index (χ4n) is 2.20. The maximum absolute atomic E-state index is 11.4. The van der Waals surface area contributed by atoms with Gasteiger partial charge in [-0.25, -0.2) is 4.79 Å². The maximum atomic E-state index is 11.4. The summed E-state index contributed by atoms with van der Waals surface area (Å²) in [5, 5.41) is 11.8. The number of hydrogen-bond donors (Lipinski definition) is 2. The quantitative estimate of drug-likeness (QED) is 0.841. The van der Waals surface area contributed by atoms with Crippen molar-refractivity contribution in [3.8, 4) is 11.8 Å². The number of carboxylic acids is 1. The van der Waals surface area contributed by atoms with Crippen molar-refractivity contribution >= 4 is 12.1 Å². The van der Waals surface area contributed by atoms with E-state index in [1.165, 1.54) is 0 Å². The van der Waals surface area contributed by atoms with Gasteiger partial charge in [-0.1, -0.05) is 24.0 Å². The third-order valence-electron chi connectivity index (χ3n) is 3.55. The van der Waals surface area contributed by atoms with E-state index in [1.807, 2.05) is 12.1 Å². The van der Waals surface area contributed by atoms with Crippen molar-refractivity contribution in [2.45, 2.75) is 44.6 Å². The van der Waals surface area contributed by atoms with E-state index < -0.39 is 23.1 Å². The molecule has 5 nitrogen and oxygen atoms in total. The smallest absolute Gasteiger partial charge is 0.408 e. The first-order valence-electron chi connectivity index (χ1n) is 7.53. The molecule has 0 aromatic heterocycles. The minimum Gasteiger partial charge on any atom is -0.481 e. The largest absolute Gasteiger partial charge is 0.481 e. The summed E-state index contributed by atoms with van der Waals surface area (Å²) < 4.78 is 5.10. The van der Waals surface area contributed by atoms with Crippen LogP contribution in [-0.2, 0) is 14.9 Å². The molecular weight excluding hydrogens is 294 g/mol. The Morgan fingerprint density at radius 1 is 1.26 bits per heavy atom. The Morgan fingerprint density at radius 2 is 1.87 bits per heavy atom. The van der Waals surface area contributed by atoms with Crippen molar-refractivity contribution < 1.29 is 19.4 Å². The lowest BCUT2D eigenvalue weighted by atomic mass is 9.95. The van der Waals surface area contributed by atoms with Crippen LogP contribution in [0.1, 0.15) is 44.7 Å². The van der Waals surface area contributed by atoms with E-state index in [0.717, 1.165) is 11.1 Å². The number of carbonyl (C=O) groups is 2. The SMILES string of the molecule is CC(C)(C)OC(=O)NCC#Cc1ccc(C2(C(=O)O)CC2)cc1. The highest BCUT2D eigenvalue weighted by Gasteiger charge is 2.51. The number of amides is 1. The topological polar surface area (TPSA) is 75.6 Å². The fraction of sp³-hybridized carbons (Fsp3) is 0.444. The van der Waals surface area contributed by atoms with E-state index in [0.29, 0.717) is 12.8 Å². The zero-order valence-electron chi connectivity index (χ0n) is 13.6. The van der Waals surface area contributed by atoms with Gasteiger partial charge in [0.2, 0.25) is 0 Å². The molecule has 1 aliphatic carbocycles. The van der Waals surface area contributed by atoms with Gasteiger partial charge in [-0.2, -0.15) is 0 Å². The third kappa shape index (κ3) is 4.49. The van der Waals surface area contributed by atoms with Crippen LogP contribution in [0.4, 0.5) is 4.79 Å². The molecule has 1 saturated carbocycles. The molecule has 0 saturated heterocycles. The summed E-state index contributed by atoms with van der Waals surface area (Å²) in [5.41, 5.74) is 0.379. The van der Waals surface area contributed by atoms with Crippen LogP contribution in [-0.4, -0.2) is 29.3 Å². The summed E-state index contributed by atoms with van der Waals surface area (Å²) in [4.78, 5) is 22.7. The Labute approximate surface area is 136 Å². The molecule has 1 aromatic rings. The molecule has 0 radical (unpaired) electrons. The zero-order valence-corrected chi connectivity index (χ0v) is 13.6. The number of rotatable bonds is 3. The molecule has 2 N–H and O–H groups in total. The summed E-state index contributed by atoms with van der Waals surface area (Å²) in [6.07, 6.45) is 0.875. The molecule has 23 heavy (non-hydrogen) atoms. The van der Waals surface area contributed by atoms with E-state index in [-0.39, 0.29) is 6.54 Å². The van der Waals surface area contributed by atoms with Crippen LogP contribution in [0.25, 0.3) is 0 Å². The first-order chi connectivity index (χ1) is 10.7. The summed E-state index contributed by atoms with van der Waals surface area (Å²) in [7, 11) is 0. The molecule has 0 bridgehead atoms. The zero-order chi connectivity index (χ0) is 17.1. The fourth-order valence-corrected chi connectivity index (χ4v) is 2.20. The van der Waals surface area contributed by atoms with Crippen LogP contribution in [0.3, 0.4) is 0 Å². The van der Waals surface area contributed by atoms with Gasteiger partial charge in [-0.3, -0.25) is 4.79 Å². The number of alkyl carbamates (subject to hydrolysis) is 1. The van der Waals surface area contributed by atoms with Crippen LogP contribution in [0.5, 0.6) is 0 Å². The second-order valence-electron chi connectivity index (χ2n) is 6.62. The monoisotopic (exact) mass is 315 g/mol. The van der Waals surface area contributed by atoms with Crippen molar-refractivity contribution in [2.75, 3.05) is 6.54 Å². The van der Waals surface area contributed by atoms with Crippen LogP contribution in [0.2, 0.25) is 0 Å². The van der Waals surface area contributed by atoms with E-state index >= 15 is 0 Å². The minimum atomic E-state index is -0.766. The number of carboxylic acid groups (broad SMARTS) is 1. The summed E-state index contributed by atoms with van der Waals surface area (Å²) in [6.45, 7) is 5.58. The Kier molecular flexibility index (Phi) is 4.65. The molecule has 1 aromatic carbocycles. The highest BCUT2D eigenvalue weighted by Crippen LogP contribution is 2.48. The van der Waals surface area contributed by atoms with Gasteiger partial charge in [0.1, 0.15) is 5.60 Å². The third-order valence-corrected chi connectivity index (χ3v) is 3.55. The number of nitrogens with one attached hydrogen (secondary N) is 1. The van der Waals surface area contributed by atoms with Crippen LogP contribution in [0.15, 0.2) is 24.3 Å². The molecule has 0 unspecified atom stereocenters. The predicted octanol–water partition coefficient (Wildman–Crippen LogP) is 2.68. The number of aliphatic carboxylic acids is 1. The van der Waals surface area contributed by atoms with E-state index in [1.54, 1.807) is 32.9 Å². The molecule has 5 heteroatoms. The minimum absolute atomic E-state index is 0.190. The van der Waals surface area contributed by atoms with E-state index in [4.69, 9.17) is 4.74 Å². The van der Waals surface area contributed by atoms with Crippen LogP contribution >= 0.6 is 0 Å². The Hall–Kier alpha value is -2.48. The molecule has 0 aliphatic heterocycles. The average Bonchev–Trinajstić information content (AvgIpc) is 3.24. The number of hydrogen-bond acceptors (Lipinski definition) is 3. The second-order valence-corrected chi connectivity index (χ2v) is 6.62. The Balaban J connectivity index is 1.88. The van der Waals surface area contributed by atoms with E-state index in [9.17, 15) is 14.7 Å². The van der Waals surface area contributed by atoms with Gasteiger partial charge in [0, 0.05) is 5.56 Å². The van der Waals surface area contributed by atoms with Gasteiger partial charge >= 0.3 is 12.1 Å². The van der Waals surface area contributed by atoms with Crippen molar-refractivity contribution in [3.63, 3.8) is 0 Å². The Bertz CT molecular complexity index is 655. The van der Waals surface area contributed by atoms with E-state index in [2.05, 4.69) is 17.2 Å². The van der Waals surface area contributed by atoms with Gasteiger partial charge in [0.15, 0.2) is 0 Å². The molecule has 1 fully saturated rings. The number of carbonyl (C=O) groups excluding carboxylic acids is 1. The van der Waals surface area contributed by atoms with Crippen molar-refractivity contribution in [1.29, 1.82) is 0 Å². The molecule has 0 atom stereocenters. The molecular formula is C18H21NO4. The summed E-state index contributed by atoms with van der Waals surface area (Å²) in [5.74, 6) is 4.99. The number of ether oxygens (including phenoxy) is 1. The first kappa shape index (κ1) is 16.9. The van der Waals surface area contributed by atoms with Crippen molar-refractivity contribution in [1.82, 2.24) is 5.32 Å². The van der Waals surface area contributed by atoms with Gasteiger partial charge < -0.3 is 15.2 Å². The standard InChI is InChI=1S/C18H21NO4/c1-17(2,3)23-16(22)19-12-4-5-13-6-8-14(9-7-13)18(10-11-18)15(20)21/h6-9H,10-12H2,1-3H3,(H,19,22)(H,20,21). The molecule has 1 amide bonds. The lowest BCUT2D eigenvalue weighted by Gasteiger charge is -2.19. The maximum Gasteiger partial charge on any atom is 0.408 e. The normalized spacial score (nSPS) is 15.1. The molecule has 1 aliphatic rings. The van der Waals surface area contributed by atoms with Crippen molar-refractivity contribution in [2.24, 2.45) is 0 Å². The van der Waals surface area contributed by atoms with Gasteiger partial charge in [0.05, 0.1) is 12.0 Å². The first-order valence-corrected chi connectivity index (χ1v) is 7.53. The highest BCUT2D eigenvalue weighted by atomic mass is 16.6. The average molecular weight is 315 g/mol. The highest BCUT2D eigenvalue weighted by molar-refractivity contribution is 5.84. The Morgan fingerprint density at radius 3 is 2.35 bits per heavy atom. The predicted molar refractivity (Wildman–Crippen MR) is 86.1 cm³/mol. The van der Waals surface area contributed by atoms with Gasteiger partial charge in [0.25, 0.3) is 0 Å². The van der Waals surface area contributed by atoms with Gasteiger partial charge in [-0.05, 0) is 51.3 Å². The lowest BCUT2D eigenvalue weighted by molar-refractivity contribution is -0.140. The lowest BCUT2D eigenvalue weighted by Crippen LogP contribution is -2.32. The molecule has 0 spiro atoms.